The molecule has 1 heterocycles. The van der Waals surface area contributed by atoms with Gasteiger partial charge in [-0.05, 0) is 12.8 Å². The van der Waals surface area contributed by atoms with Crippen LogP contribution in [0.5, 0.6) is 0 Å². The summed E-state index contributed by atoms with van der Waals surface area (Å²) in [5.41, 5.74) is 0. The summed E-state index contributed by atoms with van der Waals surface area (Å²) < 4.78 is 24.4. The van der Waals surface area contributed by atoms with Gasteiger partial charge in [0.15, 0.2) is 6.10 Å². The Morgan fingerprint density at radius 2 is 2.05 bits per heavy atom. The molecular formula is C11H20N2O6S. The molecule has 116 valence electrons. The van der Waals surface area contributed by atoms with Gasteiger partial charge in [0.05, 0.1) is 6.26 Å². The van der Waals surface area contributed by atoms with Gasteiger partial charge < -0.3 is 15.5 Å². The highest BCUT2D eigenvalue weighted by atomic mass is 32.2. The van der Waals surface area contributed by atoms with E-state index in [1.807, 2.05) is 0 Å². The van der Waals surface area contributed by atoms with Crippen LogP contribution in [0.25, 0.3) is 0 Å². The number of rotatable bonds is 6. The SMILES string of the molecule is CS(=O)(=O)N1CCCCC1C(=O)NCCC(O)C(=O)O. The van der Waals surface area contributed by atoms with Crippen LogP contribution in [-0.2, 0) is 19.6 Å². The van der Waals surface area contributed by atoms with Crippen molar-refractivity contribution in [2.45, 2.75) is 37.8 Å². The molecule has 0 spiro atoms. The Labute approximate surface area is 117 Å². The van der Waals surface area contributed by atoms with E-state index in [1.54, 1.807) is 0 Å². The molecule has 0 bridgehead atoms. The average molecular weight is 308 g/mol. The lowest BCUT2D eigenvalue weighted by Crippen LogP contribution is -2.51. The zero-order valence-electron chi connectivity index (χ0n) is 11.3. The van der Waals surface area contributed by atoms with Crippen LogP contribution in [-0.4, -0.2) is 66.3 Å². The third-order valence-electron chi connectivity index (χ3n) is 3.18. The maximum Gasteiger partial charge on any atom is 0.332 e. The van der Waals surface area contributed by atoms with Crippen molar-refractivity contribution < 1.29 is 28.2 Å². The normalized spacial score (nSPS) is 22.2. The first-order valence-electron chi connectivity index (χ1n) is 6.39. The van der Waals surface area contributed by atoms with E-state index in [0.717, 1.165) is 12.7 Å². The number of piperidine rings is 1. The third-order valence-corrected chi connectivity index (χ3v) is 4.47. The van der Waals surface area contributed by atoms with E-state index in [-0.39, 0.29) is 13.0 Å². The number of carbonyl (C=O) groups is 2. The van der Waals surface area contributed by atoms with Gasteiger partial charge in [-0.25, -0.2) is 13.2 Å². The van der Waals surface area contributed by atoms with Crippen molar-refractivity contribution in [3.63, 3.8) is 0 Å². The average Bonchev–Trinajstić information content (AvgIpc) is 2.37. The number of amides is 1. The molecule has 2 atom stereocenters. The summed E-state index contributed by atoms with van der Waals surface area (Å²) in [5, 5.41) is 20.0. The molecule has 1 rings (SSSR count). The Hall–Kier alpha value is -1.19. The molecule has 9 heteroatoms. The van der Waals surface area contributed by atoms with Crippen molar-refractivity contribution in [1.82, 2.24) is 9.62 Å². The van der Waals surface area contributed by atoms with Crippen LogP contribution in [0.4, 0.5) is 0 Å². The van der Waals surface area contributed by atoms with Crippen molar-refractivity contribution in [3.8, 4) is 0 Å². The summed E-state index contributed by atoms with van der Waals surface area (Å²) in [6, 6.07) is -0.749. The standard InChI is InChI=1S/C11H20N2O6S/c1-20(18,19)13-7-3-2-4-8(13)10(15)12-6-5-9(14)11(16)17/h8-9,14H,2-7H2,1H3,(H,12,15)(H,16,17). The van der Waals surface area contributed by atoms with Crippen LogP contribution in [0, 0.1) is 0 Å². The molecule has 0 radical (unpaired) electrons. The Balaban J connectivity index is 2.54. The molecule has 0 aromatic carbocycles. The predicted octanol–water partition coefficient (Wildman–Crippen LogP) is -1.25. The van der Waals surface area contributed by atoms with E-state index in [4.69, 9.17) is 10.2 Å². The van der Waals surface area contributed by atoms with Gasteiger partial charge in [-0.3, -0.25) is 4.79 Å². The largest absolute Gasteiger partial charge is 0.479 e. The van der Waals surface area contributed by atoms with Crippen molar-refractivity contribution >= 4 is 21.9 Å². The van der Waals surface area contributed by atoms with Crippen molar-refractivity contribution in [3.05, 3.63) is 0 Å². The molecule has 0 aromatic rings. The van der Waals surface area contributed by atoms with E-state index in [2.05, 4.69) is 5.32 Å². The summed E-state index contributed by atoms with van der Waals surface area (Å²) >= 11 is 0. The second-order valence-corrected chi connectivity index (χ2v) is 6.75. The molecule has 0 saturated carbocycles. The minimum Gasteiger partial charge on any atom is -0.479 e. The number of carbonyl (C=O) groups excluding carboxylic acids is 1. The minimum atomic E-state index is -3.45. The number of nitrogens with one attached hydrogen (secondary N) is 1. The van der Waals surface area contributed by atoms with Crippen molar-refractivity contribution in [2.75, 3.05) is 19.3 Å². The molecule has 20 heavy (non-hydrogen) atoms. The van der Waals surface area contributed by atoms with E-state index >= 15 is 0 Å². The summed E-state index contributed by atoms with van der Waals surface area (Å²) in [7, 11) is -3.45. The molecule has 1 fully saturated rings. The first-order valence-corrected chi connectivity index (χ1v) is 8.23. The molecule has 0 aromatic heterocycles. The van der Waals surface area contributed by atoms with Crippen LogP contribution in [0.2, 0.25) is 0 Å². The van der Waals surface area contributed by atoms with E-state index in [1.165, 1.54) is 4.31 Å². The van der Waals surface area contributed by atoms with E-state index in [9.17, 15) is 18.0 Å². The second-order valence-electron chi connectivity index (χ2n) is 4.82. The highest BCUT2D eigenvalue weighted by Crippen LogP contribution is 2.19. The fraction of sp³-hybridized carbons (Fsp3) is 0.818. The lowest BCUT2D eigenvalue weighted by Gasteiger charge is -2.32. The van der Waals surface area contributed by atoms with Gasteiger partial charge in [0.1, 0.15) is 6.04 Å². The highest BCUT2D eigenvalue weighted by Gasteiger charge is 2.34. The molecular weight excluding hydrogens is 288 g/mol. The topological polar surface area (TPSA) is 124 Å². The summed E-state index contributed by atoms with van der Waals surface area (Å²) in [4.78, 5) is 22.4. The molecule has 0 aliphatic carbocycles. The predicted molar refractivity (Wildman–Crippen MR) is 70.5 cm³/mol. The summed E-state index contributed by atoms with van der Waals surface area (Å²) in [6.07, 6.45) is 1.34. The fourth-order valence-electron chi connectivity index (χ4n) is 2.14. The van der Waals surface area contributed by atoms with Gasteiger partial charge in [-0.2, -0.15) is 4.31 Å². The van der Waals surface area contributed by atoms with Crippen LogP contribution < -0.4 is 5.32 Å². The van der Waals surface area contributed by atoms with Crippen molar-refractivity contribution in [1.29, 1.82) is 0 Å². The van der Waals surface area contributed by atoms with Gasteiger partial charge in [-0.15, -0.1) is 0 Å². The number of aliphatic hydroxyl groups is 1. The first kappa shape index (κ1) is 16.9. The Kier molecular flexibility index (Phi) is 5.90. The van der Waals surface area contributed by atoms with Crippen LogP contribution in [0.15, 0.2) is 0 Å². The van der Waals surface area contributed by atoms with Gasteiger partial charge in [-0.1, -0.05) is 6.42 Å². The minimum absolute atomic E-state index is 0.0135. The fourth-order valence-corrected chi connectivity index (χ4v) is 3.26. The van der Waals surface area contributed by atoms with Gasteiger partial charge in [0.2, 0.25) is 15.9 Å². The van der Waals surface area contributed by atoms with Crippen molar-refractivity contribution in [2.24, 2.45) is 0 Å². The highest BCUT2D eigenvalue weighted by molar-refractivity contribution is 7.88. The molecule has 1 amide bonds. The number of nitrogens with zero attached hydrogens (tertiary/aromatic N) is 1. The first-order chi connectivity index (χ1) is 9.23. The molecule has 1 aliphatic rings. The maximum absolute atomic E-state index is 12.0. The van der Waals surface area contributed by atoms with E-state index in [0.29, 0.717) is 19.4 Å². The molecule has 1 aliphatic heterocycles. The maximum atomic E-state index is 12.0. The third kappa shape index (κ3) is 4.73. The smallest absolute Gasteiger partial charge is 0.332 e. The molecule has 1 saturated heterocycles. The zero-order valence-corrected chi connectivity index (χ0v) is 12.1. The number of aliphatic carboxylic acids is 1. The van der Waals surface area contributed by atoms with Gasteiger partial charge in [0.25, 0.3) is 0 Å². The summed E-state index contributed by atoms with van der Waals surface area (Å²) in [6.45, 7) is 0.301. The second kappa shape index (κ2) is 7.00. The Morgan fingerprint density at radius 3 is 2.60 bits per heavy atom. The number of aliphatic hydroxyl groups excluding tert-OH is 1. The number of carboxylic acid groups (broad SMARTS) is 1. The number of sulfonamides is 1. The van der Waals surface area contributed by atoms with Gasteiger partial charge in [0, 0.05) is 19.5 Å². The summed E-state index contributed by atoms with van der Waals surface area (Å²) in [5.74, 6) is -1.80. The Morgan fingerprint density at radius 1 is 1.40 bits per heavy atom. The monoisotopic (exact) mass is 308 g/mol. The number of hydrogen-bond donors (Lipinski definition) is 3. The van der Waals surface area contributed by atoms with Crippen LogP contribution in [0.1, 0.15) is 25.7 Å². The lowest BCUT2D eigenvalue weighted by atomic mass is 10.0. The number of hydrogen-bond acceptors (Lipinski definition) is 5. The van der Waals surface area contributed by atoms with Crippen LogP contribution in [0.3, 0.4) is 0 Å². The quantitative estimate of drug-likeness (QED) is 0.563. The van der Waals surface area contributed by atoms with E-state index < -0.39 is 34.0 Å². The number of carboxylic acids is 1. The lowest BCUT2D eigenvalue weighted by molar-refractivity contribution is -0.147. The molecule has 3 N–H and O–H groups in total. The zero-order chi connectivity index (χ0) is 15.3. The van der Waals surface area contributed by atoms with Gasteiger partial charge >= 0.3 is 5.97 Å². The molecule has 8 nitrogen and oxygen atoms in total. The Bertz CT molecular complexity index is 464. The van der Waals surface area contributed by atoms with Crippen LogP contribution >= 0.6 is 0 Å². The molecule has 2 unspecified atom stereocenters.